The van der Waals surface area contributed by atoms with Crippen LogP contribution in [0.5, 0.6) is 17.2 Å². The lowest BCUT2D eigenvalue weighted by molar-refractivity contribution is 0.107. The van der Waals surface area contributed by atoms with Crippen molar-refractivity contribution in [1.82, 2.24) is 9.71 Å². The summed E-state index contributed by atoms with van der Waals surface area (Å²) in [5.74, 6) is 1.85. The van der Waals surface area contributed by atoms with Crippen LogP contribution in [0.1, 0.15) is 36.7 Å². The average molecular weight is 688 g/mol. The minimum absolute atomic E-state index is 0.0505. The molecule has 0 unspecified atom stereocenters. The lowest BCUT2D eigenvalue weighted by Gasteiger charge is -2.21. The summed E-state index contributed by atoms with van der Waals surface area (Å²) in [6.07, 6.45) is 1.59. The van der Waals surface area contributed by atoms with Crippen molar-refractivity contribution in [2.45, 2.75) is 31.1 Å². The topological polar surface area (TPSA) is 148 Å². The van der Waals surface area contributed by atoms with E-state index < -0.39 is 21.3 Å². The number of rotatable bonds is 10. The molecule has 5 rings (SSSR count). The number of sulfonamides is 1. The third-order valence-electron chi connectivity index (χ3n) is 7.39. The van der Waals surface area contributed by atoms with Gasteiger partial charge in [0.15, 0.2) is 0 Å². The van der Waals surface area contributed by atoms with E-state index >= 15 is 0 Å². The summed E-state index contributed by atoms with van der Waals surface area (Å²) in [4.78, 5) is 29.3. The number of hydrogen-bond acceptors (Lipinski definition) is 8. The fourth-order valence-corrected chi connectivity index (χ4v) is 5.84. The van der Waals surface area contributed by atoms with Gasteiger partial charge in [-0.3, -0.25) is 4.79 Å². The number of nitrogens with one attached hydrogen (secondary N) is 4. The van der Waals surface area contributed by atoms with Crippen molar-refractivity contribution in [2.75, 3.05) is 30.1 Å². The second-order valence-corrected chi connectivity index (χ2v) is 14.0. The lowest BCUT2D eigenvalue weighted by atomic mass is 9.87. The number of carbonyl (C=O) groups excluding carboxylic acids is 2. The van der Waals surface area contributed by atoms with E-state index in [1.54, 1.807) is 60.8 Å². The highest BCUT2D eigenvalue weighted by Gasteiger charge is 2.21. The van der Waals surface area contributed by atoms with E-state index in [-0.39, 0.29) is 15.9 Å². The highest BCUT2D eigenvalue weighted by atomic mass is 35.5. The van der Waals surface area contributed by atoms with Gasteiger partial charge in [-0.05, 0) is 78.2 Å². The number of aromatic nitrogens is 1. The summed E-state index contributed by atoms with van der Waals surface area (Å²) in [5.41, 5.74) is 2.12. The van der Waals surface area contributed by atoms with Crippen LogP contribution >= 0.6 is 11.6 Å². The van der Waals surface area contributed by atoms with Crippen LogP contribution < -0.4 is 30.1 Å². The summed E-state index contributed by atoms with van der Waals surface area (Å²) < 4.78 is 39.1. The molecule has 0 aliphatic heterocycles. The number of amides is 2. The van der Waals surface area contributed by atoms with Crippen LogP contribution in [0.2, 0.25) is 0 Å². The first-order valence-electron chi connectivity index (χ1n) is 14.7. The van der Waals surface area contributed by atoms with E-state index in [0.717, 1.165) is 16.3 Å². The van der Waals surface area contributed by atoms with Gasteiger partial charge < -0.3 is 25.4 Å². The van der Waals surface area contributed by atoms with Gasteiger partial charge in [-0.15, -0.1) is 0 Å². The number of benzene rings is 4. The molecular formula is C35H34ClN5O6S. The Labute approximate surface area is 283 Å². The minimum atomic E-state index is -3.75. The molecule has 248 valence electrons. The first-order chi connectivity index (χ1) is 22.8. The molecule has 4 N–H and O–H groups in total. The predicted octanol–water partition coefficient (Wildman–Crippen LogP) is 8.01. The van der Waals surface area contributed by atoms with Gasteiger partial charge in [-0.2, -0.15) is 0 Å². The molecule has 2 amide bonds. The standard InChI is InChI=1S/C35H34ClN5O6S/c1-35(2,3)21-16-23(18-25(17-21)48(44,45)37-4)40-34(43)41-29-12-13-30(27-9-7-6-8-26(27)29)47-24-14-15-38-32(20-24)39-22-10-11-28(33(36)42)31(19-22)46-5/h6-20,37H,1-5H3,(H,38,39)(H2,40,41,43). The summed E-state index contributed by atoms with van der Waals surface area (Å²) in [7, 11) is -0.955. The van der Waals surface area contributed by atoms with Crippen molar-refractivity contribution < 1.29 is 27.5 Å². The maximum absolute atomic E-state index is 13.2. The van der Waals surface area contributed by atoms with Crippen molar-refractivity contribution in [3.8, 4) is 17.2 Å². The zero-order valence-corrected chi connectivity index (χ0v) is 28.4. The van der Waals surface area contributed by atoms with Gasteiger partial charge in [-0.1, -0.05) is 45.0 Å². The minimum Gasteiger partial charge on any atom is -0.496 e. The Hall–Kier alpha value is -5.17. The monoisotopic (exact) mass is 687 g/mol. The van der Waals surface area contributed by atoms with Crippen molar-refractivity contribution in [2.24, 2.45) is 0 Å². The molecule has 48 heavy (non-hydrogen) atoms. The first-order valence-corrected chi connectivity index (χ1v) is 16.6. The SMILES string of the molecule is CNS(=O)(=O)c1cc(NC(=O)Nc2ccc(Oc3ccnc(Nc4ccc(C(=O)Cl)c(OC)c4)c3)c3ccccc23)cc(C(C)(C)C)c1. The molecule has 11 nitrogen and oxygen atoms in total. The molecule has 0 aliphatic rings. The molecular weight excluding hydrogens is 654 g/mol. The normalized spacial score (nSPS) is 11.5. The molecule has 1 heterocycles. The fourth-order valence-electron chi connectivity index (χ4n) is 4.88. The van der Waals surface area contributed by atoms with E-state index in [4.69, 9.17) is 21.1 Å². The van der Waals surface area contributed by atoms with Crippen molar-refractivity contribution in [3.63, 3.8) is 0 Å². The van der Waals surface area contributed by atoms with E-state index in [2.05, 4.69) is 25.7 Å². The molecule has 0 spiro atoms. The fraction of sp³-hybridized carbons (Fsp3) is 0.171. The number of anilines is 4. The molecule has 0 fully saturated rings. The van der Waals surface area contributed by atoms with Gasteiger partial charge in [0.2, 0.25) is 10.0 Å². The number of carbonyl (C=O) groups is 2. The molecule has 0 atom stereocenters. The molecule has 0 bridgehead atoms. The molecule has 0 radical (unpaired) electrons. The Morgan fingerprint density at radius 1 is 0.833 bits per heavy atom. The third kappa shape index (κ3) is 7.85. The van der Waals surface area contributed by atoms with E-state index in [1.807, 2.05) is 45.0 Å². The molecule has 5 aromatic rings. The molecule has 13 heteroatoms. The van der Waals surface area contributed by atoms with Gasteiger partial charge in [0.05, 0.1) is 23.3 Å². The Kier molecular flexibility index (Phi) is 9.90. The average Bonchev–Trinajstić information content (AvgIpc) is 3.05. The van der Waals surface area contributed by atoms with Crippen LogP contribution in [0.15, 0.2) is 96.0 Å². The quantitative estimate of drug-likeness (QED) is 0.108. The van der Waals surface area contributed by atoms with E-state index in [9.17, 15) is 18.0 Å². The van der Waals surface area contributed by atoms with Crippen LogP contribution in [0, 0.1) is 0 Å². The number of pyridine rings is 1. The number of nitrogens with zero attached hydrogens (tertiary/aromatic N) is 1. The van der Waals surface area contributed by atoms with Crippen LogP contribution in [0.25, 0.3) is 10.8 Å². The highest BCUT2D eigenvalue weighted by Crippen LogP contribution is 2.36. The number of methoxy groups -OCH3 is 1. The Morgan fingerprint density at radius 3 is 2.27 bits per heavy atom. The lowest BCUT2D eigenvalue weighted by Crippen LogP contribution is -2.23. The largest absolute Gasteiger partial charge is 0.496 e. The second kappa shape index (κ2) is 13.9. The smallest absolute Gasteiger partial charge is 0.323 e. The van der Waals surface area contributed by atoms with Crippen molar-refractivity contribution in [3.05, 3.63) is 102 Å². The number of hydrogen-bond donors (Lipinski definition) is 4. The first kappa shape index (κ1) is 34.2. The Morgan fingerprint density at radius 2 is 1.58 bits per heavy atom. The second-order valence-electron chi connectivity index (χ2n) is 11.7. The van der Waals surface area contributed by atoms with E-state index in [0.29, 0.717) is 40.1 Å². The molecule has 4 aromatic carbocycles. The molecule has 0 aliphatic carbocycles. The number of fused-ring (bicyclic) bond motifs is 1. The van der Waals surface area contributed by atoms with Gasteiger partial charge in [0, 0.05) is 40.5 Å². The number of ether oxygens (including phenoxy) is 2. The van der Waals surface area contributed by atoms with Crippen LogP contribution in [0.4, 0.5) is 27.7 Å². The summed E-state index contributed by atoms with van der Waals surface area (Å²) >= 11 is 5.64. The van der Waals surface area contributed by atoms with Crippen LogP contribution in [-0.2, 0) is 15.4 Å². The summed E-state index contributed by atoms with van der Waals surface area (Å²) in [5, 5.41) is 9.67. The predicted molar refractivity (Wildman–Crippen MR) is 189 cm³/mol. The summed E-state index contributed by atoms with van der Waals surface area (Å²) in [6, 6.07) is 23.5. The molecule has 0 saturated carbocycles. The Bertz CT molecular complexity index is 2130. The number of urea groups is 1. The zero-order valence-electron chi connectivity index (χ0n) is 26.8. The maximum Gasteiger partial charge on any atom is 0.323 e. The van der Waals surface area contributed by atoms with Crippen molar-refractivity contribution >= 4 is 66.6 Å². The Balaban J connectivity index is 1.36. The van der Waals surface area contributed by atoms with E-state index in [1.165, 1.54) is 20.2 Å². The molecule has 0 saturated heterocycles. The van der Waals surface area contributed by atoms with Gasteiger partial charge in [-0.25, -0.2) is 22.9 Å². The molecule has 1 aromatic heterocycles. The van der Waals surface area contributed by atoms with Crippen LogP contribution in [-0.4, -0.2) is 38.8 Å². The third-order valence-corrected chi connectivity index (χ3v) is 8.98. The zero-order chi connectivity index (χ0) is 34.6. The van der Waals surface area contributed by atoms with Crippen molar-refractivity contribution in [1.29, 1.82) is 0 Å². The highest BCUT2D eigenvalue weighted by molar-refractivity contribution is 7.89. The van der Waals surface area contributed by atoms with Gasteiger partial charge in [0.25, 0.3) is 5.24 Å². The van der Waals surface area contributed by atoms with Crippen LogP contribution in [0.3, 0.4) is 0 Å². The number of halogens is 1. The maximum atomic E-state index is 13.2. The van der Waals surface area contributed by atoms with Gasteiger partial charge in [0.1, 0.15) is 23.1 Å². The summed E-state index contributed by atoms with van der Waals surface area (Å²) in [6.45, 7) is 5.89. The van der Waals surface area contributed by atoms with Gasteiger partial charge >= 0.3 is 6.03 Å².